The fourth-order valence-electron chi connectivity index (χ4n) is 2.97. The zero-order chi connectivity index (χ0) is 18.4. The number of carbonyl (C=O) groups is 3. The average molecular weight is 387 g/mol. The summed E-state index contributed by atoms with van der Waals surface area (Å²) in [5, 5.41) is 15.5. The Labute approximate surface area is 155 Å². The first kappa shape index (κ1) is 19.5. The molecule has 8 heteroatoms. The minimum Gasteiger partial charge on any atom is -0.481 e. The molecule has 3 N–H and O–H groups in total. The van der Waals surface area contributed by atoms with E-state index in [0.717, 1.165) is 5.56 Å². The van der Waals surface area contributed by atoms with Crippen LogP contribution in [0.2, 0.25) is 10.0 Å². The molecule has 2 amide bonds. The van der Waals surface area contributed by atoms with E-state index >= 15 is 0 Å². The average Bonchev–Trinajstić information content (AvgIpc) is 2.90. The Kier molecular flexibility index (Phi) is 6.67. The number of carboxylic acids is 1. The number of hydrogen-bond acceptors (Lipinski definition) is 3. The maximum Gasteiger partial charge on any atom is 0.303 e. The number of carboxylic acid groups (broad SMARTS) is 1. The van der Waals surface area contributed by atoms with Gasteiger partial charge in [0.1, 0.15) is 0 Å². The maximum atomic E-state index is 12.1. The minimum absolute atomic E-state index is 0.0388. The van der Waals surface area contributed by atoms with Gasteiger partial charge in [0.15, 0.2) is 0 Å². The quantitative estimate of drug-likeness (QED) is 0.639. The molecule has 1 aliphatic heterocycles. The number of nitrogens with one attached hydrogen (secondary N) is 2. The van der Waals surface area contributed by atoms with Gasteiger partial charge in [0.05, 0.1) is 0 Å². The van der Waals surface area contributed by atoms with E-state index in [0.29, 0.717) is 42.3 Å². The number of benzene rings is 1. The smallest absolute Gasteiger partial charge is 0.303 e. The van der Waals surface area contributed by atoms with Gasteiger partial charge in [-0.05, 0) is 43.0 Å². The van der Waals surface area contributed by atoms with Crippen LogP contribution in [0.5, 0.6) is 0 Å². The van der Waals surface area contributed by atoms with E-state index in [2.05, 4.69) is 10.6 Å². The van der Waals surface area contributed by atoms with Crippen molar-refractivity contribution in [1.29, 1.82) is 0 Å². The maximum absolute atomic E-state index is 12.1. The van der Waals surface area contributed by atoms with Crippen molar-refractivity contribution in [2.24, 2.45) is 0 Å². The second kappa shape index (κ2) is 8.54. The zero-order valence-corrected chi connectivity index (χ0v) is 15.1. The van der Waals surface area contributed by atoms with Gasteiger partial charge < -0.3 is 15.7 Å². The first-order valence-electron chi connectivity index (χ1n) is 8.02. The van der Waals surface area contributed by atoms with Crippen molar-refractivity contribution in [1.82, 2.24) is 10.6 Å². The van der Waals surface area contributed by atoms with Crippen LogP contribution >= 0.6 is 23.2 Å². The third kappa shape index (κ3) is 6.21. The molecule has 1 aliphatic rings. The van der Waals surface area contributed by atoms with Crippen LogP contribution in [-0.4, -0.2) is 28.4 Å². The third-order valence-corrected chi connectivity index (χ3v) is 4.73. The Bertz CT molecular complexity index is 660. The number of hydrogen-bond donors (Lipinski definition) is 3. The summed E-state index contributed by atoms with van der Waals surface area (Å²) < 4.78 is 0. The minimum atomic E-state index is -0.914. The summed E-state index contributed by atoms with van der Waals surface area (Å²) in [4.78, 5) is 34.5. The van der Waals surface area contributed by atoms with Crippen LogP contribution in [0.4, 0.5) is 0 Å². The largest absolute Gasteiger partial charge is 0.481 e. The van der Waals surface area contributed by atoms with Gasteiger partial charge in [-0.2, -0.15) is 0 Å². The van der Waals surface area contributed by atoms with E-state index in [1.807, 2.05) is 0 Å². The second-order valence-electron chi connectivity index (χ2n) is 6.28. The number of carbonyl (C=O) groups excluding carboxylic acids is 2. The molecule has 1 atom stereocenters. The van der Waals surface area contributed by atoms with E-state index < -0.39 is 11.5 Å². The molecule has 1 fully saturated rings. The Morgan fingerprint density at radius 2 is 1.80 bits per heavy atom. The molecular formula is C17H20Cl2N2O4. The van der Waals surface area contributed by atoms with Crippen LogP contribution < -0.4 is 10.6 Å². The summed E-state index contributed by atoms with van der Waals surface area (Å²) in [6.45, 7) is 0.299. The summed E-state index contributed by atoms with van der Waals surface area (Å²) in [5.74, 6) is -1.19. The van der Waals surface area contributed by atoms with Gasteiger partial charge in [0.25, 0.3) is 0 Å². The first-order chi connectivity index (χ1) is 11.8. The molecule has 1 aromatic rings. The lowest BCUT2D eigenvalue weighted by molar-refractivity contribution is -0.137. The lowest BCUT2D eigenvalue weighted by Gasteiger charge is -2.28. The molecule has 0 saturated carbocycles. The molecule has 1 saturated heterocycles. The van der Waals surface area contributed by atoms with Crippen LogP contribution in [0.25, 0.3) is 0 Å². The SMILES string of the molecule is O=C(O)CCC1(CCC(=O)NCc2cc(Cl)cc(Cl)c2)CCC(=O)N1. The van der Waals surface area contributed by atoms with Gasteiger partial charge in [-0.25, -0.2) is 0 Å². The molecule has 2 rings (SSSR count). The Hall–Kier alpha value is -1.79. The number of amides is 2. The van der Waals surface area contributed by atoms with E-state index in [9.17, 15) is 14.4 Å². The molecule has 0 radical (unpaired) electrons. The molecule has 6 nitrogen and oxygen atoms in total. The fourth-order valence-corrected chi connectivity index (χ4v) is 3.55. The van der Waals surface area contributed by atoms with Crippen molar-refractivity contribution >= 4 is 41.0 Å². The van der Waals surface area contributed by atoms with Crippen molar-refractivity contribution in [2.45, 2.75) is 50.6 Å². The third-order valence-electron chi connectivity index (χ3n) is 4.30. The van der Waals surface area contributed by atoms with Crippen LogP contribution in [-0.2, 0) is 20.9 Å². The number of halogens is 2. The van der Waals surface area contributed by atoms with Crippen molar-refractivity contribution in [3.05, 3.63) is 33.8 Å². The lowest BCUT2D eigenvalue weighted by Crippen LogP contribution is -2.43. The molecule has 0 aromatic heterocycles. The van der Waals surface area contributed by atoms with Gasteiger partial charge in [-0.15, -0.1) is 0 Å². The Balaban J connectivity index is 1.86. The van der Waals surface area contributed by atoms with Gasteiger partial charge in [0.2, 0.25) is 11.8 Å². The Morgan fingerprint density at radius 3 is 2.36 bits per heavy atom. The molecule has 25 heavy (non-hydrogen) atoms. The van der Waals surface area contributed by atoms with Crippen LogP contribution in [0, 0.1) is 0 Å². The zero-order valence-electron chi connectivity index (χ0n) is 13.6. The number of rotatable bonds is 8. The van der Waals surface area contributed by atoms with Gasteiger partial charge in [-0.3, -0.25) is 14.4 Å². The molecule has 136 valence electrons. The van der Waals surface area contributed by atoms with Crippen LogP contribution in [0.1, 0.15) is 44.1 Å². The fraction of sp³-hybridized carbons (Fsp3) is 0.471. The van der Waals surface area contributed by atoms with Crippen molar-refractivity contribution in [3.8, 4) is 0 Å². The van der Waals surface area contributed by atoms with Crippen molar-refractivity contribution in [2.75, 3.05) is 0 Å². The van der Waals surface area contributed by atoms with E-state index in [4.69, 9.17) is 28.3 Å². The molecule has 1 aromatic carbocycles. The molecule has 1 heterocycles. The number of aliphatic carboxylic acids is 1. The monoisotopic (exact) mass is 386 g/mol. The van der Waals surface area contributed by atoms with E-state index in [1.165, 1.54) is 0 Å². The van der Waals surface area contributed by atoms with E-state index in [-0.39, 0.29) is 24.7 Å². The van der Waals surface area contributed by atoms with Crippen LogP contribution in [0.3, 0.4) is 0 Å². The Morgan fingerprint density at radius 1 is 1.16 bits per heavy atom. The molecule has 1 unspecified atom stereocenters. The molecule has 0 spiro atoms. The topological polar surface area (TPSA) is 95.5 Å². The molecule has 0 bridgehead atoms. The summed E-state index contributed by atoms with van der Waals surface area (Å²) in [6, 6.07) is 5.06. The predicted octanol–water partition coefficient (Wildman–Crippen LogP) is 2.90. The normalized spacial score (nSPS) is 19.5. The summed E-state index contributed by atoms with van der Waals surface area (Å²) in [5.41, 5.74) is 0.187. The molecule has 0 aliphatic carbocycles. The van der Waals surface area contributed by atoms with Crippen LogP contribution in [0.15, 0.2) is 18.2 Å². The van der Waals surface area contributed by atoms with Gasteiger partial charge in [0, 0.05) is 41.4 Å². The second-order valence-corrected chi connectivity index (χ2v) is 7.15. The summed E-state index contributed by atoms with van der Waals surface area (Å²) in [7, 11) is 0. The highest BCUT2D eigenvalue weighted by molar-refractivity contribution is 6.34. The lowest BCUT2D eigenvalue weighted by atomic mass is 9.86. The van der Waals surface area contributed by atoms with Gasteiger partial charge >= 0.3 is 5.97 Å². The highest BCUT2D eigenvalue weighted by Crippen LogP contribution is 2.30. The summed E-state index contributed by atoms with van der Waals surface area (Å²) in [6.07, 6.45) is 1.81. The molecular weight excluding hydrogens is 367 g/mol. The standard InChI is InChI=1S/C17H20Cl2N2O4/c18-12-7-11(8-13(19)9-12)10-20-14(22)1-4-17(6-3-16(24)25)5-2-15(23)21-17/h7-9H,1-6,10H2,(H,20,22)(H,21,23)(H,24,25). The van der Waals surface area contributed by atoms with E-state index in [1.54, 1.807) is 18.2 Å². The highest BCUT2D eigenvalue weighted by Gasteiger charge is 2.37. The predicted molar refractivity (Wildman–Crippen MR) is 94.5 cm³/mol. The van der Waals surface area contributed by atoms with Gasteiger partial charge in [-0.1, -0.05) is 23.2 Å². The van der Waals surface area contributed by atoms with Crippen molar-refractivity contribution in [3.63, 3.8) is 0 Å². The van der Waals surface area contributed by atoms with Crippen molar-refractivity contribution < 1.29 is 19.5 Å². The highest BCUT2D eigenvalue weighted by atomic mass is 35.5. The first-order valence-corrected chi connectivity index (χ1v) is 8.78. The summed E-state index contributed by atoms with van der Waals surface area (Å²) >= 11 is 11.8.